The summed E-state index contributed by atoms with van der Waals surface area (Å²) in [6.45, 7) is 9.18. The van der Waals surface area contributed by atoms with Crippen LogP contribution in [0.2, 0.25) is 5.02 Å². The monoisotopic (exact) mass is 368 g/mol. The van der Waals surface area contributed by atoms with Crippen molar-refractivity contribution in [3.63, 3.8) is 0 Å². The summed E-state index contributed by atoms with van der Waals surface area (Å²) in [6, 6.07) is 0. The molecule has 3 rings (SSSR count). The molecule has 1 aromatic heterocycles. The van der Waals surface area contributed by atoms with E-state index in [0.717, 1.165) is 76.8 Å². The SMILES string of the molecule is CCOC1CCCN(c2ncc(Cl)c(N3CCCC(OCC)C3)n2)C1. The molecule has 0 bridgehead atoms. The fourth-order valence-corrected chi connectivity index (χ4v) is 3.93. The third-order valence-corrected chi connectivity index (χ3v) is 5.12. The second kappa shape index (κ2) is 9.01. The zero-order chi connectivity index (χ0) is 17.6. The number of ether oxygens (including phenoxy) is 2. The molecule has 140 valence electrons. The predicted octanol–water partition coefficient (Wildman–Crippen LogP) is 3.14. The average Bonchev–Trinajstić information content (AvgIpc) is 2.63. The highest BCUT2D eigenvalue weighted by Gasteiger charge is 2.26. The Kier molecular flexibility index (Phi) is 6.73. The van der Waals surface area contributed by atoms with Crippen LogP contribution in [0, 0.1) is 0 Å². The van der Waals surface area contributed by atoms with Crippen molar-refractivity contribution in [2.45, 2.75) is 51.7 Å². The highest BCUT2D eigenvalue weighted by Crippen LogP contribution is 2.29. The van der Waals surface area contributed by atoms with Crippen molar-refractivity contribution in [2.75, 3.05) is 49.2 Å². The second-order valence-electron chi connectivity index (χ2n) is 6.67. The van der Waals surface area contributed by atoms with Gasteiger partial charge in [-0.3, -0.25) is 0 Å². The van der Waals surface area contributed by atoms with Gasteiger partial charge in [-0.2, -0.15) is 4.98 Å². The molecule has 2 atom stereocenters. The molecule has 0 aliphatic carbocycles. The van der Waals surface area contributed by atoms with Gasteiger partial charge in [-0.05, 0) is 39.5 Å². The normalized spacial score (nSPS) is 24.6. The van der Waals surface area contributed by atoms with Crippen molar-refractivity contribution in [3.8, 4) is 0 Å². The maximum absolute atomic E-state index is 6.42. The van der Waals surface area contributed by atoms with E-state index < -0.39 is 0 Å². The molecule has 0 radical (unpaired) electrons. The van der Waals surface area contributed by atoms with Crippen molar-refractivity contribution < 1.29 is 9.47 Å². The minimum absolute atomic E-state index is 0.255. The van der Waals surface area contributed by atoms with E-state index in [1.54, 1.807) is 6.20 Å². The number of hydrogen-bond acceptors (Lipinski definition) is 6. The van der Waals surface area contributed by atoms with Crippen LogP contribution < -0.4 is 9.80 Å². The smallest absolute Gasteiger partial charge is 0.227 e. The lowest BCUT2D eigenvalue weighted by atomic mass is 10.1. The molecule has 0 aromatic carbocycles. The van der Waals surface area contributed by atoms with Gasteiger partial charge in [0.1, 0.15) is 5.02 Å². The minimum Gasteiger partial charge on any atom is -0.377 e. The molecular weight excluding hydrogens is 340 g/mol. The van der Waals surface area contributed by atoms with E-state index in [1.165, 1.54) is 0 Å². The van der Waals surface area contributed by atoms with Gasteiger partial charge < -0.3 is 19.3 Å². The minimum atomic E-state index is 0.255. The zero-order valence-electron chi connectivity index (χ0n) is 15.3. The number of halogens is 1. The quantitative estimate of drug-likeness (QED) is 0.768. The number of aromatic nitrogens is 2. The Morgan fingerprint density at radius 3 is 2.28 bits per heavy atom. The van der Waals surface area contributed by atoms with Crippen LogP contribution in [0.4, 0.5) is 11.8 Å². The van der Waals surface area contributed by atoms with Crippen LogP contribution >= 0.6 is 11.6 Å². The maximum Gasteiger partial charge on any atom is 0.227 e. The van der Waals surface area contributed by atoms with Gasteiger partial charge in [-0.25, -0.2) is 4.98 Å². The molecule has 0 saturated carbocycles. The summed E-state index contributed by atoms with van der Waals surface area (Å²) >= 11 is 6.42. The van der Waals surface area contributed by atoms with Crippen LogP contribution in [0.3, 0.4) is 0 Å². The van der Waals surface area contributed by atoms with Gasteiger partial charge in [0.25, 0.3) is 0 Å². The number of piperidine rings is 2. The van der Waals surface area contributed by atoms with Gasteiger partial charge in [0, 0.05) is 39.4 Å². The van der Waals surface area contributed by atoms with E-state index in [9.17, 15) is 0 Å². The molecule has 7 heteroatoms. The molecule has 2 unspecified atom stereocenters. The van der Waals surface area contributed by atoms with Gasteiger partial charge in [-0.15, -0.1) is 0 Å². The van der Waals surface area contributed by atoms with Crippen LogP contribution in [0.1, 0.15) is 39.5 Å². The lowest BCUT2D eigenvalue weighted by Gasteiger charge is -2.35. The predicted molar refractivity (Wildman–Crippen MR) is 101 cm³/mol. The summed E-state index contributed by atoms with van der Waals surface area (Å²) in [5.41, 5.74) is 0. The highest BCUT2D eigenvalue weighted by atomic mass is 35.5. The zero-order valence-corrected chi connectivity index (χ0v) is 16.0. The third-order valence-electron chi connectivity index (χ3n) is 4.86. The molecule has 2 saturated heterocycles. The van der Waals surface area contributed by atoms with Crippen molar-refractivity contribution >= 4 is 23.4 Å². The van der Waals surface area contributed by atoms with Crippen molar-refractivity contribution in [2.24, 2.45) is 0 Å². The molecule has 0 spiro atoms. The van der Waals surface area contributed by atoms with Crippen molar-refractivity contribution in [3.05, 3.63) is 11.2 Å². The topological polar surface area (TPSA) is 50.7 Å². The summed E-state index contributed by atoms with van der Waals surface area (Å²) < 4.78 is 11.6. The van der Waals surface area contributed by atoms with E-state index in [0.29, 0.717) is 5.02 Å². The van der Waals surface area contributed by atoms with Gasteiger partial charge in [0.2, 0.25) is 5.95 Å². The number of rotatable bonds is 6. The second-order valence-corrected chi connectivity index (χ2v) is 7.08. The third kappa shape index (κ3) is 4.74. The van der Waals surface area contributed by atoms with E-state index in [-0.39, 0.29) is 12.2 Å². The summed E-state index contributed by atoms with van der Waals surface area (Å²) in [6.07, 6.45) is 6.64. The van der Waals surface area contributed by atoms with Crippen LogP contribution in [0.25, 0.3) is 0 Å². The van der Waals surface area contributed by atoms with E-state index in [1.807, 2.05) is 13.8 Å². The van der Waals surface area contributed by atoms with Crippen molar-refractivity contribution in [1.82, 2.24) is 9.97 Å². The van der Waals surface area contributed by atoms with Gasteiger partial charge in [0.05, 0.1) is 18.4 Å². The van der Waals surface area contributed by atoms with Crippen LogP contribution in [-0.2, 0) is 9.47 Å². The van der Waals surface area contributed by atoms with Crippen molar-refractivity contribution in [1.29, 1.82) is 0 Å². The molecule has 6 nitrogen and oxygen atoms in total. The van der Waals surface area contributed by atoms with Crippen LogP contribution in [-0.4, -0.2) is 61.6 Å². The highest BCUT2D eigenvalue weighted by molar-refractivity contribution is 6.32. The van der Waals surface area contributed by atoms with Gasteiger partial charge in [0.15, 0.2) is 5.82 Å². The lowest BCUT2D eigenvalue weighted by Crippen LogP contribution is -2.42. The first kappa shape index (κ1) is 18.7. The summed E-state index contributed by atoms with van der Waals surface area (Å²) in [5, 5.41) is 0.610. The summed E-state index contributed by atoms with van der Waals surface area (Å²) in [4.78, 5) is 13.7. The summed E-state index contributed by atoms with van der Waals surface area (Å²) in [5.74, 6) is 1.58. The Hall–Kier alpha value is -1.11. The fourth-order valence-electron chi connectivity index (χ4n) is 3.72. The molecule has 25 heavy (non-hydrogen) atoms. The van der Waals surface area contributed by atoms with E-state index in [4.69, 9.17) is 26.1 Å². The first-order valence-corrected chi connectivity index (χ1v) is 9.84. The van der Waals surface area contributed by atoms with E-state index in [2.05, 4.69) is 14.8 Å². The molecule has 0 N–H and O–H groups in total. The largest absolute Gasteiger partial charge is 0.377 e. The average molecular weight is 369 g/mol. The lowest BCUT2D eigenvalue weighted by molar-refractivity contribution is 0.0521. The molecule has 2 fully saturated rings. The molecule has 3 heterocycles. The number of hydrogen-bond donors (Lipinski definition) is 0. The first-order valence-electron chi connectivity index (χ1n) is 9.46. The Labute approximate surface area is 155 Å². The van der Waals surface area contributed by atoms with Gasteiger partial charge >= 0.3 is 0 Å². The first-order chi connectivity index (χ1) is 12.2. The number of anilines is 2. The Balaban J connectivity index is 1.74. The fraction of sp³-hybridized carbons (Fsp3) is 0.778. The van der Waals surface area contributed by atoms with Crippen LogP contribution in [0.5, 0.6) is 0 Å². The molecular formula is C18H29ClN4O2. The van der Waals surface area contributed by atoms with E-state index >= 15 is 0 Å². The Bertz CT molecular complexity index is 556. The Morgan fingerprint density at radius 2 is 1.64 bits per heavy atom. The maximum atomic E-state index is 6.42. The standard InChI is InChI=1S/C18H29ClN4O2/c1-3-24-14-7-5-9-22(12-14)17-16(19)11-20-18(21-17)23-10-6-8-15(13-23)25-4-2/h11,14-15H,3-10,12-13H2,1-2H3. The molecule has 2 aliphatic rings. The Morgan fingerprint density at radius 1 is 1.04 bits per heavy atom. The van der Waals surface area contributed by atoms with Gasteiger partial charge in [-0.1, -0.05) is 11.6 Å². The molecule has 0 amide bonds. The van der Waals surface area contributed by atoms with Crippen LogP contribution in [0.15, 0.2) is 6.20 Å². The molecule has 1 aromatic rings. The molecule has 2 aliphatic heterocycles. The summed E-state index contributed by atoms with van der Waals surface area (Å²) in [7, 11) is 0. The number of nitrogens with zero attached hydrogens (tertiary/aromatic N) is 4.